The van der Waals surface area contributed by atoms with Crippen LogP contribution in [0.3, 0.4) is 0 Å². The smallest absolute Gasteiger partial charge is 0.407 e. The van der Waals surface area contributed by atoms with Gasteiger partial charge in [0.05, 0.1) is 0 Å². The SMILES string of the molecule is CC(C)(C)N(C[C@@H](N)Cc1cccc(F)c1)C(=O)O. The Kier molecular flexibility index (Phi) is 4.89. The summed E-state index contributed by atoms with van der Waals surface area (Å²) in [5.41, 5.74) is 6.23. The summed E-state index contributed by atoms with van der Waals surface area (Å²) in [5, 5.41) is 9.18. The summed E-state index contributed by atoms with van der Waals surface area (Å²) in [6, 6.07) is 5.83. The second-order valence-electron chi connectivity index (χ2n) is 5.66. The monoisotopic (exact) mass is 268 g/mol. The molecule has 0 bridgehead atoms. The Labute approximate surface area is 113 Å². The molecule has 0 aliphatic rings. The van der Waals surface area contributed by atoms with E-state index in [2.05, 4.69) is 0 Å². The van der Waals surface area contributed by atoms with Crippen LogP contribution < -0.4 is 5.73 Å². The fourth-order valence-corrected chi connectivity index (χ4v) is 1.90. The van der Waals surface area contributed by atoms with Crippen molar-refractivity contribution in [2.75, 3.05) is 6.54 Å². The number of carboxylic acid groups (broad SMARTS) is 1. The Morgan fingerprint density at radius 2 is 2.11 bits per heavy atom. The van der Waals surface area contributed by atoms with Crippen LogP contribution in [0.1, 0.15) is 26.3 Å². The van der Waals surface area contributed by atoms with Gasteiger partial charge in [-0.2, -0.15) is 0 Å². The molecule has 0 aliphatic carbocycles. The van der Waals surface area contributed by atoms with Gasteiger partial charge in [0, 0.05) is 18.1 Å². The van der Waals surface area contributed by atoms with Gasteiger partial charge in [-0.1, -0.05) is 12.1 Å². The standard InChI is InChI=1S/C14H21FN2O2/c1-14(2,3)17(13(18)19)9-12(16)8-10-5-4-6-11(15)7-10/h4-7,12H,8-9,16H2,1-3H3,(H,18,19)/t12-/m0/s1. The fourth-order valence-electron chi connectivity index (χ4n) is 1.90. The molecule has 0 saturated carbocycles. The first-order valence-electron chi connectivity index (χ1n) is 6.20. The van der Waals surface area contributed by atoms with Crippen molar-refractivity contribution in [3.8, 4) is 0 Å². The molecule has 0 aliphatic heterocycles. The van der Waals surface area contributed by atoms with Crippen molar-refractivity contribution in [3.63, 3.8) is 0 Å². The van der Waals surface area contributed by atoms with E-state index >= 15 is 0 Å². The third kappa shape index (κ3) is 4.87. The molecule has 1 atom stereocenters. The largest absolute Gasteiger partial charge is 0.465 e. The van der Waals surface area contributed by atoms with Gasteiger partial charge in [-0.15, -0.1) is 0 Å². The number of amides is 1. The topological polar surface area (TPSA) is 66.6 Å². The molecule has 0 saturated heterocycles. The predicted molar refractivity (Wildman–Crippen MR) is 72.6 cm³/mol. The molecule has 1 aromatic rings. The minimum atomic E-state index is -0.998. The average molecular weight is 268 g/mol. The molecule has 5 heteroatoms. The number of nitrogens with two attached hydrogens (primary N) is 1. The maximum Gasteiger partial charge on any atom is 0.407 e. The number of rotatable bonds is 4. The van der Waals surface area contributed by atoms with Crippen molar-refractivity contribution in [2.45, 2.75) is 38.8 Å². The normalized spacial score (nSPS) is 13.1. The lowest BCUT2D eigenvalue weighted by Gasteiger charge is -2.35. The summed E-state index contributed by atoms with van der Waals surface area (Å²) in [5.74, 6) is -0.310. The number of carbonyl (C=O) groups is 1. The molecule has 106 valence electrons. The van der Waals surface area contributed by atoms with E-state index in [-0.39, 0.29) is 18.4 Å². The van der Waals surface area contributed by atoms with Crippen LogP contribution in [-0.4, -0.2) is 34.2 Å². The van der Waals surface area contributed by atoms with E-state index in [1.54, 1.807) is 12.1 Å². The van der Waals surface area contributed by atoms with Gasteiger partial charge in [0.15, 0.2) is 0 Å². The summed E-state index contributed by atoms with van der Waals surface area (Å²) in [4.78, 5) is 12.5. The highest BCUT2D eigenvalue weighted by molar-refractivity contribution is 5.66. The van der Waals surface area contributed by atoms with Crippen molar-refractivity contribution >= 4 is 6.09 Å². The van der Waals surface area contributed by atoms with Crippen LogP contribution in [0.5, 0.6) is 0 Å². The molecule has 3 N–H and O–H groups in total. The highest BCUT2D eigenvalue weighted by Gasteiger charge is 2.27. The Morgan fingerprint density at radius 3 is 2.58 bits per heavy atom. The zero-order chi connectivity index (χ0) is 14.6. The van der Waals surface area contributed by atoms with Gasteiger partial charge in [0.2, 0.25) is 0 Å². The molecule has 1 aromatic carbocycles. The second kappa shape index (κ2) is 6.02. The quantitative estimate of drug-likeness (QED) is 0.881. The molecule has 1 rings (SSSR count). The van der Waals surface area contributed by atoms with E-state index in [0.29, 0.717) is 6.42 Å². The van der Waals surface area contributed by atoms with Gasteiger partial charge in [-0.3, -0.25) is 0 Å². The van der Waals surface area contributed by atoms with Gasteiger partial charge >= 0.3 is 6.09 Å². The van der Waals surface area contributed by atoms with E-state index in [0.717, 1.165) is 5.56 Å². The first-order chi connectivity index (χ1) is 8.70. The van der Waals surface area contributed by atoms with E-state index in [1.165, 1.54) is 17.0 Å². The first-order valence-corrected chi connectivity index (χ1v) is 6.20. The van der Waals surface area contributed by atoms with Crippen molar-refractivity contribution in [3.05, 3.63) is 35.6 Å². The van der Waals surface area contributed by atoms with Crippen LogP contribution in [0.4, 0.5) is 9.18 Å². The van der Waals surface area contributed by atoms with Crippen molar-refractivity contribution in [1.29, 1.82) is 0 Å². The summed E-state index contributed by atoms with van der Waals surface area (Å²) in [6.07, 6.45) is -0.556. The average Bonchev–Trinajstić information content (AvgIpc) is 2.24. The molecule has 0 fully saturated rings. The van der Waals surface area contributed by atoms with Crippen LogP contribution in [0, 0.1) is 5.82 Å². The highest BCUT2D eigenvalue weighted by atomic mass is 19.1. The maximum absolute atomic E-state index is 13.1. The van der Waals surface area contributed by atoms with Crippen LogP contribution in [0.15, 0.2) is 24.3 Å². The van der Waals surface area contributed by atoms with Crippen LogP contribution in [0.2, 0.25) is 0 Å². The molecule has 1 amide bonds. The Balaban J connectivity index is 2.68. The summed E-state index contributed by atoms with van der Waals surface area (Å²) in [6.45, 7) is 5.66. The van der Waals surface area contributed by atoms with Gasteiger partial charge < -0.3 is 15.7 Å². The molecule has 19 heavy (non-hydrogen) atoms. The lowest BCUT2D eigenvalue weighted by Crippen LogP contribution is -2.50. The fraction of sp³-hybridized carbons (Fsp3) is 0.500. The zero-order valence-electron chi connectivity index (χ0n) is 11.6. The van der Waals surface area contributed by atoms with E-state index in [1.807, 2.05) is 20.8 Å². The third-order valence-electron chi connectivity index (χ3n) is 2.84. The zero-order valence-corrected chi connectivity index (χ0v) is 11.6. The third-order valence-corrected chi connectivity index (χ3v) is 2.84. The molecule has 4 nitrogen and oxygen atoms in total. The first kappa shape index (κ1) is 15.4. The van der Waals surface area contributed by atoms with Gasteiger partial charge in [0.1, 0.15) is 5.82 Å². The van der Waals surface area contributed by atoms with Crippen LogP contribution in [0.25, 0.3) is 0 Å². The number of hydrogen-bond donors (Lipinski definition) is 2. The summed E-state index contributed by atoms with van der Waals surface area (Å²) in [7, 11) is 0. The minimum absolute atomic E-state index is 0.218. The molecular weight excluding hydrogens is 247 g/mol. The van der Waals surface area contributed by atoms with E-state index in [4.69, 9.17) is 5.73 Å². The molecular formula is C14H21FN2O2. The molecule has 0 heterocycles. The van der Waals surface area contributed by atoms with E-state index in [9.17, 15) is 14.3 Å². The Hall–Kier alpha value is -1.62. The maximum atomic E-state index is 13.1. The van der Waals surface area contributed by atoms with Gasteiger partial charge in [0.25, 0.3) is 0 Å². The molecule has 0 aromatic heterocycles. The number of halogens is 1. The number of nitrogens with zero attached hydrogens (tertiary/aromatic N) is 1. The lowest BCUT2D eigenvalue weighted by atomic mass is 10.0. The Morgan fingerprint density at radius 1 is 1.47 bits per heavy atom. The number of hydrogen-bond acceptors (Lipinski definition) is 2. The molecule has 0 spiro atoms. The second-order valence-corrected chi connectivity index (χ2v) is 5.66. The van der Waals surface area contributed by atoms with Crippen molar-refractivity contribution in [2.24, 2.45) is 5.73 Å². The van der Waals surface area contributed by atoms with Crippen molar-refractivity contribution < 1.29 is 14.3 Å². The highest BCUT2D eigenvalue weighted by Crippen LogP contribution is 2.15. The summed E-state index contributed by atoms with van der Waals surface area (Å²) >= 11 is 0. The predicted octanol–water partition coefficient (Wildman–Crippen LogP) is 2.47. The minimum Gasteiger partial charge on any atom is -0.465 e. The number of benzene rings is 1. The molecule has 0 radical (unpaired) electrons. The molecule has 0 unspecified atom stereocenters. The lowest BCUT2D eigenvalue weighted by molar-refractivity contribution is 0.0960. The Bertz CT molecular complexity index is 443. The van der Waals surface area contributed by atoms with Gasteiger partial charge in [-0.25, -0.2) is 9.18 Å². The van der Waals surface area contributed by atoms with Crippen molar-refractivity contribution in [1.82, 2.24) is 4.90 Å². The van der Waals surface area contributed by atoms with Gasteiger partial charge in [-0.05, 0) is 44.9 Å². The van der Waals surface area contributed by atoms with Crippen LogP contribution in [-0.2, 0) is 6.42 Å². The summed E-state index contributed by atoms with van der Waals surface area (Å²) < 4.78 is 13.1. The van der Waals surface area contributed by atoms with E-state index < -0.39 is 11.6 Å². The van der Waals surface area contributed by atoms with Crippen LogP contribution >= 0.6 is 0 Å².